The molecule has 1 atom stereocenters. The standard InChI is InChI=1S/C35H30N2O6/c38-33(39)32-16-7-17-36(34(40)42-20-24-10-5-14-28-26-12-3-1-8-22(26)18-30(24)28)37(32)35(41)43-21-25-11-6-15-29-27-13-4-2-9-23(27)19-31(25)29/h1-6,8-15,32H,7,16-21H2,(H,38,39). The summed E-state index contributed by atoms with van der Waals surface area (Å²) in [6.45, 7) is 0.106. The molecule has 43 heavy (non-hydrogen) atoms. The second-order valence-corrected chi connectivity index (χ2v) is 11.1. The summed E-state index contributed by atoms with van der Waals surface area (Å²) in [5.41, 5.74) is 10.9. The van der Waals surface area contributed by atoms with E-state index >= 15 is 0 Å². The van der Waals surface area contributed by atoms with Crippen molar-refractivity contribution in [3.05, 3.63) is 118 Å². The first-order valence-electron chi connectivity index (χ1n) is 14.5. The average molecular weight is 575 g/mol. The van der Waals surface area contributed by atoms with Gasteiger partial charge >= 0.3 is 18.2 Å². The Morgan fingerprint density at radius 1 is 0.674 bits per heavy atom. The Bertz CT molecular complexity index is 1770. The number of carbonyl (C=O) groups is 3. The molecule has 0 bridgehead atoms. The predicted octanol–water partition coefficient (Wildman–Crippen LogP) is 6.57. The highest BCUT2D eigenvalue weighted by Gasteiger charge is 2.42. The van der Waals surface area contributed by atoms with Gasteiger partial charge in [-0.2, -0.15) is 5.01 Å². The maximum atomic E-state index is 13.5. The Morgan fingerprint density at radius 3 is 1.74 bits per heavy atom. The topological polar surface area (TPSA) is 96.4 Å². The Hall–Kier alpha value is -5.11. The first-order valence-corrected chi connectivity index (χ1v) is 14.5. The van der Waals surface area contributed by atoms with Crippen LogP contribution in [0.1, 0.15) is 46.2 Å². The summed E-state index contributed by atoms with van der Waals surface area (Å²) in [5.74, 6) is -1.20. The number of rotatable bonds is 5. The van der Waals surface area contributed by atoms with E-state index in [4.69, 9.17) is 9.47 Å². The molecule has 1 N–H and O–H groups in total. The van der Waals surface area contributed by atoms with E-state index in [0.717, 1.165) is 61.8 Å². The summed E-state index contributed by atoms with van der Waals surface area (Å²) in [7, 11) is 0. The van der Waals surface area contributed by atoms with Crippen molar-refractivity contribution in [3.8, 4) is 22.3 Å². The number of hydrazine groups is 1. The number of carbonyl (C=O) groups excluding carboxylic acids is 2. The van der Waals surface area contributed by atoms with E-state index in [-0.39, 0.29) is 26.2 Å². The van der Waals surface area contributed by atoms with Gasteiger partial charge in [-0.3, -0.25) is 0 Å². The van der Waals surface area contributed by atoms with Gasteiger partial charge in [0.25, 0.3) is 0 Å². The van der Waals surface area contributed by atoms with Gasteiger partial charge in [0.1, 0.15) is 13.2 Å². The molecule has 3 aliphatic rings. The van der Waals surface area contributed by atoms with Crippen molar-refractivity contribution in [1.29, 1.82) is 0 Å². The SMILES string of the molecule is O=C(O)C1CCCN(C(=O)OCc2cccc3c2Cc2ccccc2-3)N1C(=O)OCc1cccc2c1Cc1ccccc1-2. The molecule has 0 spiro atoms. The number of hydrogen-bond donors (Lipinski definition) is 1. The highest BCUT2D eigenvalue weighted by molar-refractivity contribution is 5.83. The molecule has 8 heteroatoms. The highest BCUT2D eigenvalue weighted by Crippen LogP contribution is 2.39. The molecule has 1 unspecified atom stereocenters. The van der Waals surface area contributed by atoms with Crippen molar-refractivity contribution >= 4 is 18.2 Å². The average Bonchev–Trinajstić information content (AvgIpc) is 3.61. The molecule has 1 aliphatic heterocycles. The number of fused-ring (bicyclic) bond motifs is 6. The molecule has 2 amide bonds. The minimum atomic E-state index is -1.24. The number of ether oxygens (including phenoxy) is 2. The van der Waals surface area contributed by atoms with Crippen LogP contribution in [0.25, 0.3) is 22.3 Å². The smallest absolute Gasteiger partial charge is 0.430 e. The molecule has 4 aromatic carbocycles. The summed E-state index contributed by atoms with van der Waals surface area (Å²) in [6, 6.07) is 26.9. The maximum absolute atomic E-state index is 13.5. The van der Waals surface area contributed by atoms with Gasteiger partial charge in [-0.05, 0) is 81.3 Å². The molecule has 1 fully saturated rings. The van der Waals surface area contributed by atoms with Crippen LogP contribution in [0.3, 0.4) is 0 Å². The Labute approximate surface area is 249 Å². The molecule has 0 saturated carbocycles. The fourth-order valence-electron chi connectivity index (χ4n) is 6.60. The zero-order valence-corrected chi connectivity index (χ0v) is 23.5. The van der Waals surface area contributed by atoms with Gasteiger partial charge in [-0.1, -0.05) is 84.9 Å². The van der Waals surface area contributed by atoms with Gasteiger partial charge in [0.05, 0.1) is 0 Å². The van der Waals surface area contributed by atoms with Crippen molar-refractivity contribution in [2.75, 3.05) is 6.54 Å². The van der Waals surface area contributed by atoms with E-state index in [9.17, 15) is 19.5 Å². The van der Waals surface area contributed by atoms with Crippen LogP contribution < -0.4 is 0 Å². The maximum Gasteiger partial charge on any atom is 0.430 e. The number of hydrogen-bond acceptors (Lipinski definition) is 5. The third-order valence-electron chi connectivity index (χ3n) is 8.68. The van der Waals surface area contributed by atoms with Crippen LogP contribution in [0.5, 0.6) is 0 Å². The van der Waals surface area contributed by atoms with Crippen molar-refractivity contribution in [2.24, 2.45) is 0 Å². The molecule has 2 aliphatic carbocycles. The molecule has 8 nitrogen and oxygen atoms in total. The van der Waals surface area contributed by atoms with Crippen LogP contribution >= 0.6 is 0 Å². The minimum Gasteiger partial charge on any atom is -0.480 e. The predicted molar refractivity (Wildman–Crippen MR) is 159 cm³/mol. The van der Waals surface area contributed by atoms with E-state index in [1.807, 2.05) is 48.5 Å². The van der Waals surface area contributed by atoms with Crippen molar-refractivity contribution in [1.82, 2.24) is 10.0 Å². The van der Waals surface area contributed by atoms with Crippen LogP contribution in [-0.2, 0) is 40.3 Å². The lowest BCUT2D eigenvalue weighted by Gasteiger charge is -2.40. The lowest BCUT2D eigenvalue weighted by molar-refractivity contribution is -0.153. The Kier molecular flexibility index (Phi) is 6.81. The van der Waals surface area contributed by atoms with Crippen LogP contribution in [0, 0.1) is 0 Å². The number of carboxylic acids is 1. The molecule has 0 radical (unpaired) electrons. The third-order valence-corrected chi connectivity index (χ3v) is 8.68. The first kappa shape index (κ1) is 26.8. The van der Waals surface area contributed by atoms with Crippen molar-refractivity contribution < 1.29 is 29.0 Å². The largest absolute Gasteiger partial charge is 0.480 e. The number of amides is 2. The minimum absolute atomic E-state index is 0.00380. The molecule has 0 aromatic heterocycles. The molecule has 7 rings (SSSR count). The van der Waals surface area contributed by atoms with Crippen LogP contribution in [0.4, 0.5) is 9.59 Å². The molecule has 216 valence electrons. The number of carboxylic acid groups (broad SMARTS) is 1. The first-order chi connectivity index (χ1) is 21.0. The van der Waals surface area contributed by atoms with Gasteiger partial charge in [0.2, 0.25) is 0 Å². The quantitative estimate of drug-likeness (QED) is 0.250. The second kappa shape index (κ2) is 10.9. The van der Waals surface area contributed by atoms with Crippen LogP contribution in [0.15, 0.2) is 84.9 Å². The lowest BCUT2D eigenvalue weighted by atomic mass is 10.0. The number of benzene rings is 4. The van der Waals surface area contributed by atoms with Crippen molar-refractivity contribution in [2.45, 2.75) is 44.9 Å². The lowest BCUT2D eigenvalue weighted by Crippen LogP contribution is -2.60. The molecular formula is C35H30N2O6. The Morgan fingerprint density at radius 2 is 1.19 bits per heavy atom. The monoisotopic (exact) mass is 574 g/mol. The molecule has 4 aromatic rings. The van der Waals surface area contributed by atoms with E-state index in [0.29, 0.717) is 6.42 Å². The zero-order valence-electron chi connectivity index (χ0n) is 23.5. The fourth-order valence-corrected chi connectivity index (χ4v) is 6.60. The summed E-state index contributed by atoms with van der Waals surface area (Å²) in [6.07, 6.45) is 0.412. The highest BCUT2D eigenvalue weighted by atomic mass is 16.6. The number of nitrogens with zero attached hydrogens (tertiary/aromatic N) is 2. The third kappa shape index (κ3) is 4.78. The van der Waals surface area contributed by atoms with Crippen molar-refractivity contribution in [3.63, 3.8) is 0 Å². The fraction of sp³-hybridized carbons (Fsp3) is 0.229. The van der Waals surface area contributed by atoms with Crippen LogP contribution in [0.2, 0.25) is 0 Å². The van der Waals surface area contributed by atoms with Gasteiger partial charge in [0.15, 0.2) is 6.04 Å². The summed E-state index contributed by atoms with van der Waals surface area (Å²) in [4.78, 5) is 39.0. The summed E-state index contributed by atoms with van der Waals surface area (Å²) < 4.78 is 11.4. The van der Waals surface area contributed by atoms with E-state index in [1.54, 1.807) is 0 Å². The van der Waals surface area contributed by atoms with E-state index < -0.39 is 24.2 Å². The molecule has 1 heterocycles. The summed E-state index contributed by atoms with van der Waals surface area (Å²) in [5, 5.41) is 11.9. The zero-order chi connectivity index (χ0) is 29.5. The Balaban J connectivity index is 1.07. The van der Waals surface area contributed by atoms with Gasteiger partial charge < -0.3 is 14.6 Å². The van der Waals surface area contributed by atoms with E-state index in [2.05, 4.69) is 36.4 Å². The second-order valence-electron chi connectivity index (χ2n) is 11.1. The van der Waals surface area contributed by atoms with Gasteiger partial charge in [0, 0.05) is 6.54 Å². The van der Waals surface area contributed by atoms with Crippen LogP contribution in [-0.4, -0.2) is 45.9 Å². The normalized spacial score (nSPS) is 16.1. The van der Waals surface area contributed by atoms with E-state index in [1.165, 1.54) is 16.7 Å². The van der Waals surface area contributed by atoms with Gasteiger partial charge in [-0.15, -0.1) is 0 Å². The molecular weight excluding hydrogens is 544 g/mol. The number of aliphatic carboxylic acids is 1. The summed E-state index contributed by atoms with van der Waals surface area (Å²) >= 11 is 0. The molecule has 1 saturated heterocycles. The van der Waals surface area contributed by atoms with Gasteiger partial charge in [-0.25, -0.2) is 19.4 Å².